The summed E-state index contributed by atoms with van der Waals surface area (Å²) in [5.74, 6) is 1.19. The van der Waals surface area contributed by atoms with E-state index in [0.717, 1.165) is 5.76 Å². The van der Waals surface area contributed by atoms with Crippen LogP contribution in [0, 0.1) is 0 Å². The largest absolute Gasteiger partial charge is 0.383 e. The van der Waals surface area contributed by atoms with Gasteiger partial charge in [0.15, 0.2) is 5.65 Å². The second kappa shape index (κ2) is 4.79. The molecule has 0 aromatic carbocycles. The molecule has 0 aliphatic heterocycles. The summed E-state index contributed by atoms with van der Waals surface area (Å²) in [4.78, 5) is 8.39. The Morgan fingerprint density at radius 3 is 2.55 bits per heavy atom. The van der Waals surface area contributed by atoms with Crippen molar-refractivity contribution in [1.82, 2.24) is 24.9 Å². The number of aromatic nitrogens is 5. The van der Waals surface area contributed by atoms with E-state index >= 15 is 0 Å². The number of fused-ring (bicyclic) bond motifs is 1. The quantitative estimate of drug-likeness (QED) is 0.781. The van der Waals surface area contributed by atoms with Gasteiger partial charge in [0, 0.05) is 17.5 Å². The highest BCUT2D eigenvalue weighted by atomic mass is 16.5. The van der Waals surface area contributed by atoms with Crippen molar-refractivity contribution >= 4 is 16.9 Å². The van der Waals surface area contributed by atoms with Gasteiger partial charge in [-0.25, -0.2) is 14.6 Å². The van der Waals surface area contributed by atoms with Gasteiger partial charge >= 0.3 is 0 Å². The normalized spacial score (nSPS) is 12.5. The monoisotopic (exact) mass is 300 g/mol. The molecule has 0 fully saturated rings. The van der Waals surface area contributed by atoms with Crippen LogP contribution < -0.4 is 5.73 Å². The van der Waals surface area contributed by atoms with Crippen LogP contribution >= 0.6 is 0 Å². The molecule has 0 atom stereocenters. The van der Waals surface area contributed by atoms with Gasteiger partial charge in [0.2, 0.25) is 0 Å². The highest BCUT2D eigenvalue weighted by molar-refractivity contribution is 5.97. The van der Waals surface area contributed by atoms with Crippen LogP contribution in [0.4, 0.5) is 5.82 Å². The maximum atomic E-state index is 6.04. The number of nitrogens with zero attached hydrogens (tertiary/aromatic N) is 5. The predicted octanol–water partition coefficient (Wildman–Crippen LogP) is 2.94. The third-order valence-electron chi connectivity index (χ3n) is 3.50. The van der Waals surface area contributed by atoms with Crippen LogP contribution in [-0.4, -0.2) is 24.9 Å². The molecule has 3 heterocycles. The summed E-state index contributed by atoms with van der Waals surface area (Å²) in [5, 5.41) is 9.49. The molecule has 0 unspecified atom stereocenters. The van der Waals surface area contributed by atoms with Gasteiger partial charge < -0.3 is 10.3 Å². The van der Waals surface area contributed by atoms with E-state index in [9.17, 15) is 0 Å². The van der Waals surface area contributed by atoms with E-state index < -0.39 is 0 Å². The Bertz CT molecular complexity index is 824. The molecule has 0 amide bonds. The lowest BCUT2D eigenvalue weighted by molar-refractivity contribution is 0.330. The Hall–Kier alpha value is -2.44. The molecule has 0 aliphatic carbocycles. The molecule has 3 aromatic heterocycles. The fraction of sp³-hybridized carbons (Fsp3) is 0.467. The maximum Gasteiger partial charge on any atom is 0.164 e. The Balaban J connectivity index is 2.25. The standard InChI is InChI=1S/C15H20N6O/c1-8(2)21-14-11(13(16)17-7-18-14)12(19-21)9-6-10(22-20-9)15(3,4)5/h6-8H,1-5H3,(H2,16,17,18). The zero-order valence-corrected chi connectivity index (χ0v) is 13.5. The zero-order valence-electron chi connectivity index (χ0n) is 13.5. The average Bonchev–Trinajstić information content (AvgIpc) is 3.02. The Kier molecular flexibility index (Phi) is 3.16. The van der Waals surface area contributed by atoms with Crippen LogP contribution in [0.25, 0.3) is 22.4 Å². The average molecular weight is 300 g/mol. The van der Waals surface area contributed by atoms with Crippen molar-refractivity contribution in [3.63, 3.8) is 0 Å². The van der Waals surface area contributed by atoms with Gasteiger partial charge in [-0.1, -0.05) is 25.9 Å². The van der Waals surface area contributed by atoms with Gasteiger partial charge in [-0.3, -0.25) is 0 Å². The van der Waals surface area contributed by atoms with Crippen LogP contribution in [0.2, 0.25) is 0 Å². The summed E-state index contributed by atoms with van der Waals surface area (Å²) in [6.07, 6.45) is 1.45. The van der Waals surface area contributed by atoms with E-state index in [1.165, 1.54) is 6.33 Å². The van der Waals surface area contributed by atoms with Gasteiger partial charge in [0.25, 0.3) is 0 Å². The number of nitrogen functional groups attached to an aromatic ring is 1. The lowest BCUT2D eigenvalue weighted by atomic mass is 9.93. The first kappa shape index (κ1) is 14.5. The van der Waals surface area contributed by atoms with Crippen LogP contribution in [0.3, 0.4) is 0 Å². The molecule has 0 saturated carbocycles. The Morgan fingerprint density at radius 1 is 1.23 bits per heavy atom. The van der Waals surface area contributed by atoms with Crippen molar-refractivity contribution in [1.29, 1.82) is 0 Å². The minimum absolute atomic E-state index is 0.121. The number of nitrogens with two attached hydrogens (primary N) is 1. The molecular weight excluding hydrogens is 280 g/mol. The van der Waals surface area contributed by atoms with Crippen molar-refractivity contribution in [2.45, 2.75) is 46.1 Å². The lowest BCUT2D eigenvalue weighted by Crippen LogP contribution is -2.09. The van der Waals surface area contributed by atoms with E-state index in [2.05, 4.69) is 41.0 Å². The SMILES string of the molecule is CC(C)n1nc(-c2cc(C(C)(C)C)on2)c2c(N)ncnc21. The van der Waals surface area contributed by atoms with Crippen molar-refractivity contribution in [3.05, 3.63) is 18.2 Å². The van der Waals surface area contributed by atoms with E-state index in [-0.39, 0.29) is 11.5 Å². The van der Waals surface area contributed by atoms with Crippen molar-refractivity contribution < 1.29 is 4.52 Å². The van der Waals surface area contributed by atoms with Crippen molar-refractivity contribution in [2.24, 2.45) is 0 Å². The first-order valence-electron chi connectivity index (χ1n) is 7.25. The maximum absolute atomic E-state index is 6.04. The van der Waals surface area contributed by atoms with Crippen LogP contribution in [0.5, 0.6) is 0 Å². The Morgan fingerprint density at radius 2 is 1.95 bits per heavy atom. The minimum atomic E-state index is -0.121. The van der Waals surface area contributed by atoms with Crippen LogP contribution in [0.1, 0.15) is 46.4 Å². The highest BCUT2D eigenvalue weighted by Gasteiger charge is 2.24. The molecule has 0 spiro atoms. The zero-order chi connectivity index (χ0) is 16.1. The second-order valence-corrected chi connectivity index (χ2v) is 6.67. The third-order valence-corrected chi connectivity index (χ3v) is 3.50. The van der Waals surface area contributed by atoms with Gasteiger partial charge in [-0.15, -0.1) is 0 Å². The van der Waals surface area contributed by atoms with Gasteiger partial charge in [-0.05, 0) is 13.8 Å². The summed E-state index contributed by atoms with van der Waals surface area (Å²) in [6, 6.07) is 2.05. The molecular formula is C15H20N6O. The van der Waals surface area contributed by atoms with Crippen LogP contribution in [-0.2, 0) is 5.41 Å². The molecule has 7 nitrogen and oxygen atoms in total. The molecule has 0 bridgehead atoms. The summed E-state index contributed by atoms with van der Waals surface area (Å²) >= 11 is 0. The van der Waals surface area contributed by atoms with E-state index in [4.69, 9.17) is 10.3 Å². The van der Waals surface area contributed by atoms with Crippen molar-refractivity contribution in [2.75, 3.05) is 5.73 Å². The fourth-order valence-electron chi connectivity index (χ4n) is 2.28. The lowest BCUT2D eigenvalue weighted by Gasteiger charge is -2.12. The number of hydrogen-bond donors (Lipinski definition) is 1. The van der Waals surface area contributed by atoms with Gasteiger partial charge in [-0.2, -0.15) is 5.10 Å². The highest BCUT2D eigenvalue weighted by Crippen LogP contribution is 2.33. The molecule has 3 aromatic rings. The minimum Gasteiger partial charge on any atom is -0.383 e. The van der Waals surface area contributed by atoms with Crippen LogP contribution in [0.15, 0.2) is 16.9 Å². The number of anilines is 1. The topological polar surface area (TPSA) is 95.7 Å². The third kappa shape index (κ3) is 2.22. The van der Waals surface area contributed by atoms with E-state index in [0.29, 0.717) is 28.2 Å². The van der Waals surface area contributed by atoms with E-state index in [1.54, 1.807) is 0 Å². The molecule has 0 aliphatic rings. The smallest absolute Gasteiger partial charge is 0.164 e. The van der Waals surface area contributed by atoms with E-state index in [1.807, 2.05) is 24.6 Å². The number of hydrogen-bond acceptors (Lipinski definition) is 6. The first-order chi connectivity index (χ1) is 10.3. The van der Waals surface area contributed by atoms with Gasteiger partial charge in [0.1, 0.15) is 29.3 Å². The fourth-order valence-corrected chi connectivity index (χ4v) is 2.28. The summed E-state index contributed by atoms with van der Waals surface area (Å²) in [7, 11) is 0. The molecule has 116 valence electrons. The van der Waals surface area contributed by atoms with Gasteiger partial charge in [0.05, 0.1) is 5.39 Å². The summed E-state index contributed by atoms with van der Waals surface area (Å²) in [6.45, 7) is 10.3. The molecule has 0 radical (unpaired) electrons. The molecule has 2 N–H and O–H groups in total. The second-order valence-electron chi connectivity index (χ2n) is 6.67. The molecule has 3 rings (SSSR count). The number of rotatable bonds is 2. The van der Waals surface area contributed by atoms with Crippen molar-refractivity contribution in [3.8, 4) is 11.4 Å². The molecule has 7 heteroatoms. The predicted molar refractivity (Wildman–Crippen MR) is 84.3 cm³/mol. The summed E-state index contributed by atoms with van der Waals surface area (Å²) in [5.41, 5.74) is 7.93. The Labute approximate surface area is 128 Å². The summed E-state index contributed by atoms with van der Waals surface area (Å²) < 4.78 is 7.29. The molecule has 22 heavy (non-hydrogen) atoms. The first-order valence-corrected chi connectivity index (χ1v) is 7.25. The molecule has 0 saturated heterocycles.